The zero-order valence-corrected chi connectivity index (χ0v) is 17.9. The molecule has 4 rings (SSSR count). The largest absolute Gasteiger partial charge is 0.204 e. The van der Waals surface area contributed by atoms with E-state index in [9.17, 15) is 8.78 Å². The second-order valence-corrected chi connectivity index (χ2v) is 8.21. The first-order valence-electron chi connectivity index (χ1n) is 9.85. The Morgan fingerprint density at radius 2 is 1.10 bits per heavy atom. The second kappa shape index (κ2) is 8.92. The van der Waals surface area contributed by atoms with Gasteiger partial charge in [-0.2, -0.15) is 0 Å². The van der Waals surface area contributed by atoms with Gasteiger partial charge in [0.2, 0.25) is 0 Å². The van der Waals surface area contributed by atoms with Crippen LogP contribution >= 0.6 is 11.6 Å². The van der Waals surface area contributed by atoms with Gasteiger partial charge < -0.3 is 0 Å². The minimum atomic E-state index is -0.782. The fraction of sp³-hybridized carbons (Fsp3) is 0.231. The molecule has 0 heterocycles. The normalized spacial score (nSPS) is 11.2. The van der Waals surface area contributed by atoms with E-state index >= 15 is 0 Å². The molecule has 0 N–H and O–H groups in total. The third-order valence-corrected chi connectivity index (χ3v) is 5.41. The molecule has 0 spiro atoms. The Bertz CT molecular complexity index is 1140. The number of fused-ring (bicyclic) bond motifs is 2. The number of halogens is 3. The Hall–Kier alpha value is -2.45. The van der Waals surface area contributed by atoms with Crippen molar-refractivity contribution >= 4 is 33.1 Å². The Balaban J connectivity index is 0.000000166. The summed E-state index contributed by atoms with van der Waals surface area (Å²) >= 11 is 6.21. The smallest absolute Gasteiger partial charge is 0.166 e. The molecule has 0 saturated heterocycles. The molecule has 4 aromatic rings. The van der Waals surface area contributed by atoms with E-state index in [1.165, 1.54) is 22.4 Å². The Morgan fingerprint density at radius 3 is 1.66 bits per heavy atom. The highest BCUT2D eigenvalue weighted by Crippen LogP contribution is 2.31. The van der Waals surface area contributed by atoms with Crippen LogP contribution < -0.4 is 0 Å². The van der Waals surface area contributed by atoms with E-state index in [4.69, 9.17) is 11.6 Å². The van der Waals surface area contributed by atoms with Crippen LogP contribution in [0.5, 0.6) is 0 Å². The van der Waals surface area contributed by atoms with Crippen molar-refractivity contribution in [1.82, 2.24) is 0 Å². The maximum absolute atomic E-state index is 13.6. The number of hydrogen-bond donors (Lipinski definition) is 0. The molecular formula is C26H25ClF2. The van der Waals surface area contributed by atoms with E-state index in [2.05, 4.69) is 38.1 Å². The van der Waals surface area contributed by atoms with Crippen LogP contribution in [-0.2, 0) is 0 Å². The molecule has 3 heteroatoms. The first-order chi connectivity index (χ1) is 13.8. The zero-order chi connectivity index (χ0) is 21.1. The van der Waals surface area contributed by atoms with E-state index in [0.717, 1.165) is 16.0 Å². The van der Waals surface area contributed by atoms with E-state index in [1.54, 1.807) is 12.1 Å². The molecule has 150 valence electrons. The minimum Gasteiger partial charge on any atom is -0.204 e. The third-order valence-electron chi connectivity index (χ3n) is 5.10. The predicted molar refractivity (Wildman–Crippen MR) is 121 cm³/mol. The van der Waals surface area contributed by atoms with Crippen molar-refractivity contribution < 1.29 is 8.78 Å². The number of rotatable bonds is 2. The Labute approximate surface area is 176 Å². The van der Waals surface area contributed by atoms with Crippen molar-refractivity contribution in [2.45, 2.75) is 39.5 Å². The van der Waals surface area contributed by atoms with Crippen molar-refractivity contribution in [1.29, 1.82) is 0 Å². The van der Waals surface area contributed by atoms with Gasteiger partial charge in [-0.15, -0.1) is 0 Å². The SMILES string of the molecule is CC(C)c1cccc2ccc(F)c(F)c12.CC(C)c1cccc2cccc(Cl)c12. The van der Waals surface area contributed by atoms with Crippen LogP contribution in [0.15, 0.2) is 66.7 Å². The molecule has 0 unspecified atom stereocenters. The van der Waals surface area contributed by atoms with Crippen LogP contribution in [-0.4, -0.2) is 0 Å². The van der Waals surface area contributed by atoms with E-state index in [-0.39, 0.29) is 5.92 Å². The van der Waals surface area contributed by atoms with Gasteiger partial charge in [-0.05, 0) is 45.9 Å². The van der Waals surface area contributed by atoms with Gasteiger partial charge in [0.05, 0.1) is 0 Å². The average molecular weight is 411 g/mol. The molecule has 0 bridgehead atoms. The molecule has 0 atom stereocenters. The van der Waals surface area contributed by atoms with E-state index in [0.29, 0.717) is 11.3 Å². The third kappa shape index (κ3) is 4.43. The van der Waals surface area contributed by atoms with Gasteiger partial charge in [0.15, 0.2) is 11.6 Å². The van der Waals surface area contributed by atoms with Crippen molar-refractivity contribution in [3.05, 3.63) is 94.5 Å². The second-order valence-electron chi connectivity index (χ2n) is 7.80. The molecule has 0 nitrogen and oxygen atoms in total. The molecule has 0 aliphatic heterocycles. The molecule has 4 aromatic carbocycles. The van der Waals surface area contributed by atoms with Gasteiger partial charge in [-0.1, -0.05) is 93.9 Å². The highest BCUT2D eigenvalue weighted by atomic mass is 35.5. The van der Waals surface area contributed by atoms with Crippen LogP contribution in [0, 0.1) is 11.6 Å². The van der Waals surface area contributed by atoms with Crippen molar-refractivity contribution in [2.75, 3.05) is 0 Å². The molecule has 0 aliphatic rings. The van der Waals surface area contributed by atoms with Crippen molar-refractivity contribution in [2.24, 2.45) is 0 Å². The first-order valence-corrected chi connectivity index (χ1v) is 10.2. The topological polar surface area (TPSA) is 0 Å². The van der Waals surface area contributed by atoms with Crippen molar-refractivity contribution in [3.8, 4) is 0 Å². The molecule has 0 saturated carbocycles. The maximum Gasteiger partial charge on any atom is 0.166 e. The summed E-state index contributed by atoms with van der Waals surface area (Å²) in [6.45, 7) is 8.33. The van der Waals surface area contributed by atoms with Crippen LogP contribution in [0.1, 0.15) is 50.7 Å². The fourth-order valence-corrected chi connectivity index (χ4v) is 3.91. The lowest BCUT2D eigenvalue weighted by Gasteiger charge is -2.10. The summed E-state index contributed by atoms with van der Waals surface area (Å²) in [5.74, 6) is -0.823. The van der Waals surface area contributed by atoms with Gasteiger partial charge in [-0.3, -0.25) is 0 Å². The summed E-state index contributed by atoms with van der Waals surface area (Å²) in [5, 5.41) is 4.44. The monoisotopic (exact) mass is 410 g/mol. The summed E-state index contributed by atoms with van der Waals surface area (Å²) < 4.78 is 26.8. The lowest BCUT2D eigenvalue weighted by atomic mass is 9.96. The Kier molecular flexibility index (Phi) is 6.54. The minimum absolute atomic E-state index is 0.185. The van der Waals surface area contributed by atoms with E-state index in [1.807, 2.05) is 38.1 Å². The summed E-state index contributed by atoms with van der Waals surface area (Å²) in [4.78, 5) is 0. The molecule has 0 radical (unpaired) electrons. The first kappa shape index (κ1) is 21.3. The van der Waals surface area contributed by atoms with Gasteiger partial charge in [0, 0.05) is 15.8 Å². The van der Waals surface area contributed by atoms with Gasteiger partial charge in [-0.25, -0.2) is 8.78 Å². The number of hydrogen-bond acceptors (Lipinski definition) is 0. The highest BCUT2D eigenvalue weighted by molar-refractivity contribution is 6.35. The van der Waals surface area contributed by atoms with Crippen LogP contribution in [0.2, 0.25) is 5.02 Å². The lowest BCUT2D eigenvalue weighted by Crippen LogP contribution is -1.94. The van der Waals surface area contributed by atoms with Crippen molar-refractivity contribution in [3.63, 3.8) is 0 Å². The summed E-state index contributed by atoms with van der Waals surface area (Å²) in [5.41, 5.74) is 2.18. The molecular weight excluding hydrogens is 386 g/mol. The summed E-state index contributed by atoms with van der Waals surface area (Å²) in [6, 6.07) is 20.7. The molecule has 0 amide bonds. The molecule has 0 aromatic heterocycles. The standard InChI is InChI=1S/C13H13Cl.C13H12F2/c1-9(2)11-7-3-5-10-6-4-8-12(14)13(10)11;1-8(2)10-5-3-4-9-6-7-11(14)13(15)12(9)10/h3-9H,1-2H3;3-8H,1-2H3. The summed E-state index contributed by atoms with van der Waals surface area (Å²) in [7, 11) is 0. The summed E-state index contributed by atoms with van der Waals surface area (Å²) in [6.07, 6.45) is 0. The zero-order valence-electron chi connectivity index (χ0n) is 17.1. The van der Waals surface area contributed by atoms with Crippen LogP contribution in [0.25, 0.3) is 21.5 Å². The Morgan fingerprint density at radius 1 is 0.621 bits per heavy atom. The van der Waals surface area contributed by atoms with E-state index < -0.39 is 11.6 Å². The molecule has 0 aliphatic carbocycles. The van der Waals surface area contributed by atoms with Gasteiger partial charge >= 0.3 is 0 Å². The van der Waals surface area contributed by atoms with Crippen LogP contribution in [0.4, 0.5) is 8.78 Å². The quantitative estimate of drug-likeness (QED) is 0.309. The molecule has 0 fully saturated rings. The van der Waals surface area contributed by atoms with Gasteiger partial charge in [0.1, 0.15) is 0 Å². The van der Waals surface area contributed by atoms with Gasteiger partial charge in [0.25, 0.3) is 0 Å². The average Bonchev–Trinajstić information content (AvgIpc) is 2.70. The maximum atomic E-state index is 13.6. The number of benzene rings is 4. The molecule has 29 heavy (non-hydrogen) atoms. The fourth-order valence-electron chi connectivity index (χ4n) is 3.62. The highest BCUT2D eigenvalue weighted by Gasteiger charge is 2.12. The lowest BCUT2D eigenvalue weighted by molar-refractivity contribution is 0.516. The van der Waals surface area contributed by atoms with Crippen LogP contribution in [0.3, 0.4) is 0 Å². The predicted octanol–water partition coefficient (Wildman–Crippen LogP) is 8.86.